The van der Waals surface area contributed by atoms with Crippen molar-refractivity contribution in [1.82, 2.24) is 19.7 Å². The fraction of sp³-hybridized carbons (Fsp3) is 0.167. The van der Waals surface area contributed by atoms with Gasteiger partial charge in [0.2, 0.25) is 0 Å². The van der Waals surface area contributed by atoms with E-state index in [4.69, 9.17) is 0 Å². The SMILES string of the molecule is CNc1nc(NC)c(/N=N/c2c(C#N)cnn2-c2ccccn2)c(C)c1C#N. The number of aromatic nitrogens is 4. The van der Waals surface area contributed by atoms with Crippen molar-refractivity contribution in [1.29, 1.82) is 10.5 Å². The molecule has 0 atom stereocenters. The molecule has 0 bridgehead atoms. The molecule has 3 aromatic rings. The Kier molecular flexibility index (Phi) is 5.23. The van der Waals surface area contributed by atoms with Crippen LogP contribution in [0.1, 0.15) is 16.7 Å². The third kappa shape index (κ3) is 3.22. The second kappa shape index (κ2) is 7.93. The largest absolute Gasteiger partial charge is 0.372 e. The Bertz CT molecular complexity index is 1120. The van der Waals surface area contributed by atoms with Gasteiger partial charge in [-0.2, -0.15) is 20.3 Å². The molecule has 0 saturated heterocycles. The van der Waals surface area contributed by atoms with Gasteiger partial charge >= 0.3 is 0 Å². The summed E-state index contributed by atoms with van der Waals surface area (Å²) in [5.41, 5.74) is 1.63. The molecular formula is C18H16N10. The Labute approximate surface area is 161 Å². The molecule has 0 aliphatic rings. The molecule has 0 spiro atoms. The van der Waals surface area contributed by atoms with Crippen LogP contribution in [0.2, 0.25) is 0 Å². The lowest BCUT2D eigenvalue weighted by Gasteiger charge is -2.12. The number of azo groups is 1. The molecule has 3 heterocycles. The van der Waals surface area contributed by atoms with E-state index in [1.807, 2.05) is 6.07 Å². The van der Waals surface area contributed by atoms with Crippen LogP contribution in [-0.2, 0) is 0 Å². The summed E-state index contributed by atoms with van der Waals surface area (Å²) in [4.78, 5) is 8.59. The highest BCUT2D eigenvalue weighted by Crippen LogP contribution is 2.35. The third-order valence-corrected chi connectivity index (χ3v) is 3.98. The van der Waals surface area contributed by atoms with E-state index < -0.39 is 0 Å². The minimum atomic E-state index is 0.235. The zero-order chi connectivity index (χ0) is 20.1. The van der Waals surface area contributed by atoms with Gasteiger partial charge in [0, 0.05) is 25.9 Å². The maximum absolute atomic E-state index is 9.46. The molecule has 2 N–H and O–H groups in total. The monoisotopic (exact) mass is 372 g/mol. The van der Waals surface area contributed by atoms with Gasteiger partial charge in [-0.3, -0.25) is 0 Å². The lowest BCUT2D eigenvalue weighted by atomic mass is 10.1. The van der Waals surface area contributed by atoms with Gasteiger partial charge in [0.25, 0.3) is 0 Å². The van der Waals surface area contributed by atoms with Crippen LogP contribution in [0.15, 0.2) is 40.8 Å². The second-order valence-corrected chi connectivity index (χ2v) is 5.56. The molecule has 3 rings (SSSR count). The number of rotatable bonds is 5. The average molecular weight is 372 g/mol. The number of hydrogen-bond acceptors (Lipinski definition) is 9. The molecule has 0 fully saturated rings. The molecule has 0 amide bonds. The third-order valence-electron chi connectivity index (χ3n) is 3.98. The van der Waals surface area contributed by atoms with E-state index >= 15 is 0 Å². The number of hydrogen-bond donors (Lipinski definition) is 2. The zero-order valence-electron chi connectivity index (χ0n) is 15.5. The van der Waals surface area contributed by atoms with Crippen molar-refractivity contribution in [2.75, 3.05) is 24.7 Å². The molecule has 3 aromatic heterocycles. The first-order chi connectivity index (χ1) is 13.6. The molecule has 0 radical (unpaired) electrons. The molecule has 0 aliphatic heterocycles. The minimum Gasteiger partial charge on any atom is -0.372 e. The molecule has 28 heavy (non-hydrogen) atoms. The number of nitriles is 2. The maximum atomic E-state index is 9.46. The first-order valence-electron chi connectivity index (χ1n) is 8.26. The van der Waals surface area contributed by atoms with Crippen LogP contribution >= 0.6 is 0 Å². The molecular weight excluding hydrogens is 356 g/mol. The molecule has 10 heteroatoms. The van der Waals surface area contributed by atoms with E-state index in [1.165, 1.54) is 10.9 Å². The highest BCUT2D eigenvalue weighted by Gasteiger charge is 2.17. The number of nitrogens with zero attached hydrogens (tertiary/aromatic N) is 8. The Morgan fingerprint density at radius 3 is 2.46 bits per heavy atom. The minimum absolute atomic E-state index is 0.235. The van der Waals surface area contributed by atoms with Crippen LogP contribution in [0, 0.1) is 29.6 Å². The van der Waals surface area contributed by atoms with E-state index in [9.17, 15) is 10.5 Å². The molecule has 138 valence electrons. The lowest BCUT2D eigenvalue weighted by Crippen LogP contribution is -2.03. The highest BCUT2D eigenvalue weighted by molar-refractivity contribution is 5.74. The predicted molar refractivity (Wildman–Crippen MR) is 103 cm³/mol. The van der Waals surface area contributed by atoms with Crippen molar-refractivity contribution in [2.45, 2.75) is 6.92 Å². The highest BCUT2D eigenvalue weighted by atomic mass is 15.4. The predicted octanol–water partition coefficient (Wildman–Crippen LogP) is 3.21. The van der Waals surface area contributed by atoms with Crippen LogP contribution in [0.4, 0.5) is 23.1 Å². The summed E-state index contributed by atoms with van der Waals surface area (Å²) in [7, 11) is 3.39. The van der Waals surface area contributed by atoms with Gasteiger partial charge in [0.15, 0.2) is 17.5 Å². The van der Waals surface area contributed by atoms with Gasteiger partial charge in [0.1, 0.15) is 29.2 Å². The van der Waals surface area contributed by atoms with Crippen LogP contribution in [0.5, 0.6) is 0 Å². The first kappa shape index (κ1) is 18.5. The molecule has 0 unspecified atom stereocenters. The van der Waals surface area contributed by atoms with E-state index in [0.717, 1.165) is 0 Å². The molecule has 0 aliphatic carbocycles. The lowest BCUT2D eigenvalue weighted by molar-refractivity contribution is 0.839. The smallest absolute Gasteiger partial charge is 0.197 e. The van der Waals surface area contributed by atoms with Crippen LogP contribution in [0.3, 0.4) is 0 Å². The molecule has 10 nitrogen and oxygen atoms in total. The summed E-state index contributed by atoms with van der Waals surface area (Å²) in [6.07, 6.45) is 3.02. The van der Waals surface area contributed by atoms with Gasteiger partial charge in [-0.1, -0.05) is 6.07 Å². The van der Waals surface area contributed by atoms with Crippen LogP contribution in [-0.4, -0.2) is 33.8 Å². The fourth-order valence-corrected chi connectivity index (χ4v) is 2.57. The summed E-state index contributed by atoms with van der Waals surface area (Å²) in [6.45, 7) is 1.76. The number of pyridine rings is 2. The maximum Gasteiger partial charge on any atom is 0.197 e. The fourth-order valence-electron chi connectivity index (χ4n) is 2.57. The second-order valence-electron chi connectivity index (χ2n) is 5.56. The van der Waals surface area contributed by atoms with Crippen molar-refractivity contribution >= 4 is 23.1 Å². The summed E-state index contributed by atoms with van der Waals surface area (Å²) >= 11 is 0. The summed E-state index contributed by atoms with van der Waals surface area (Å²) in [5, 5.41) is 37.4. The summed E-state index contributed by atoms with van der Waals surface area (Å²) < 4.78 is 1.43. The van der Waals surface area contributed by atoms with E-state index in [0.29, 0.717) is 34.3 Å². The standard InChI is InChI=1S/C18H16N10/c1-11-13(9-20)16(21-2)25-17(22-3)15(11)26-27-18-12(8-19)10-24-28(18)14-6-4-5-7-23-14/h4-7,10H,1-3H3,(H2,21,22,25)/b27-26+. The normalized spacial score (nSPS) is 10.5. The van der Waals surface area contributed by atoms with Crippen molar-refractivity contribution in [3.63, 3.8) is 0 Å². The quantitative estimate of drug-likeness (QED) is 0.655. The van der Waals surface area contributed by atoms with Crippen LogP contribution < -0.4 is 10.6 Å². The van der Waals surface area contributed by atoms with Gasteiger partial charge in [-0.25, -0.2) is 9.97 Å². The number of anilines is 2. The first-order valence-corrected chi connectivity index (χ1v) is 8.26. The van der Waals surface area contributed by atoms with Gasteiger partial charge < -0.3 is 10.6 Å². The van der Waals surface area contributed by atoms with Crippen molar-refractivity contribution in [3.8, 4) is 18.0 Å². The molecule has 0 saturated carbocycles. The van der Waals surface area contributed by atoms with Crippen LogP contribution in [0.25, 0.3) is 5.82 Å². The van der Waals surface area contributed by atoms with Gasteiger partial charge in [0.05, 0.1) is 11.8 Å². The van der Waals surface area contributed by atoms with Gasteiger partial charge in [-0.15, -0.1) is 10.2 Å². The Hall–Kier alpha value is -4.31. The summed E-state index contributed by atoms with van der Waals surface area (Å²) in [6, 6.07) is 9.50. The Morgan fingerprint density at radius 2 is 1.86 bits per heavy atom. The topological polar surface area (TPSA) is 140 Å². The van der Waals surface area contributed by atoms with E-state index in [2.05, 4.69) is 42.0 Å². The Balaban J connectivity index is 2.15. The Morgan fingerprint density at radius 1 is 1.07 bits per heavy atom. The van der Waals surface area contributed by atoms with Gasteiger partial charge in [-0.05, 0) is 19.1 Å². The summed E-state index contributed by atoms with van der Waals surface area (Å²) in [5.74, 6) is 1.63. The van der Waals surface area contributed by atoms with Crippen molar-refractivity contribution in [2.24, 2.45) is 10.2 Å². The zero-order valence-corrected chi connectivity index (χ0v) is 15.5. The van der Waals surface area contributed by atoms with Crippen molar-refractivity contribution in [3.05, 3.63) is 47.3 Å². The van der Waals surface area contributed by atoms with E-state index in [1.54, 1.807) is 45.4 Å². The number of nitrogens with one attached hydrogen (secondary N) is 2. The van der Waals surface area contributed by atoms with Crippen molar-refractivity contribution < 1.29 is 0 Å². The average Bonchev–Trinajstić information content (AvgIpc) is 3.15. The molecule has 0 aromatic carbocycles. The van der Waals surface area contributed by atoms with E-state index in [-0.39, 0.29) is 11.4 Å².